The van der Waals surface area contributed by atoms with Crippen LogP contribution in [0.3, 0.4) is 0 Å². The van der Waals surface area contributed by atoms with Crippen molar-refractivity contribution < 1.29 is 72.6 Å². The van der Waals surface area contributed by atoms with Crippen molar-refractivity contribution in [2.75, 3.05) is 71.3 Å². The van der Waals surface area contributed by atoms with Crippen LogP contribution in [0.5, 0.6) is 5.75 Å². The van der Waals surface area contributed by atoms with E-state index in [1.165, 1.54) is 19.1 Å². The number of primary amides is 1. The van der Waals surface area contributed by atoms with Crippen LogP contribution in [0.4, 0.5) is 4.79 Å². The van der Waals surface area contributed by atoms with Crippen LogP contribution in [0.2, 0.25) is 0 Å². The van der Waals surface area contributed by atoms with Crippen molar-refractivity contribution in [3.8, 4) is 5.75 Å². The number of aromatic nitrogens is 1. The van der Waals surface area contributed by atoms with E-state index < -0.39 is 176 Å². The number of aliphatic hydroxyl groups is 3. The maximum Gasteiger partial charge on any atom is 0.287 e. The molecular formula is C47H68BrN13O15S. The number of nitrogens with one attached hydrogen (secondary N) is 9. The van der Waals surface area contributed by atoms with Gasteiger partial charge in [-0.25, -0.2) is 0 Å². The Morgan fingerprint density at radius 2 is 1.52 bits per heavy atom. The second-order valence-electron chi connectivity index (χ2n) is 19.7. The third kappa shape index (κ3) is 15.3. The molecule has 30 heteroatoms. The first-order valence-corrected chi connectivity index (χ1v) is 27.3. The number of amides is 10. The number of nitrogens with two attached hydrogens (primary N) is 1. The summed E-state index contributed by atoms with van der Waals surface area (Å²) in [5.41, 5.74) is 6.16. The van der Waals surface area contributed by atoms with Crippen molar-refractivity contribution in [2.45, 2.75) is 106 Å². The van der Waals surface area contributed by atoms with Crippen molar-refractivity contribution in [3.05, 3.63) is 23.3 Å². The minimum absolute atomic E-state index is 0.0707. The van der Waals surface area contributed by atoms with E-state index in [4.69, 9.17) is 5.73 Å². The number of aromatic amines is 1. The molecule has 1 aromatic carbocycles. The standard InChI is InChI=1S/C47H68BrN13O15S/c1-4-22(2)37-43(72)52-16-35(67)53-30-21-77(76)45-26(25-5-6-32(64)27(39(25)58-45)19-60-11-9-59(10-12-60)8-7-50-47(48)75)14-28(40(69)51-17-36(68)56-37)54-44(73)38(23(3)33(65)20-62)57-42(71)31-13-24(63)18-61(31)46(74)29(15-34(49)66)55-41(30)70/h5-6,22-24,28-31,33,37-38,58,62-65H,4,7-21H2,1-3H3,(H2,49,66)(H,50,75)(H,51,69)(H,52,72)(H,53,67)(H,54,73)(H,55,70)(H,56,68)(H,57,71)/t22-,23+,24+,28+,29-,30+,31-,33+,37-,38-,77?/m0/s1. The van der Waals surface area contributed by atoms with Crippen LogP contribution in [0.1, 0.15) is 51.2 Å². The first-order chi connectivity index (χ1) is 36.5. The lowest BCUT2D eigenvalue weighted by atomic mass is 9.93. The highest BCUT2D eigenvalue weighted by Gasteiger charge is 2.45. The van der Waals surface area contributed by atoms with Gasteiger partial charge in [0.25, 0.3) is 4.82 Å². The number of carbonyl (C=O) groups excluding carboxylic acids is 10. The summed E-state index contributed by atoms with van der Waals surface area (Å²) >= 11 is 2.85. The molecule has 2 bridgehead atoms. The second-order valence-corrected chi connectivity index (χ2v) is 21.9. The molecule has 10 amide bonds. The van der Waals surface area contributed by atoms with Crippen LogP contribution in [-0.4, -0.2) is 222 Å². The molecule has 1 unspecified atom stereocenters. The summed E-state index contributed by atoms with van der Waals surface area (Å²) in [5.74, 6) is -12.2. The predicted molar refractivity (Wildman–Crippen MR) is 276 cm³/mol. The zero-order valence-corrected chi connectivity index (χ0v) is 45.1. The SMILES string of the molecule is CC[C@H](C)[C@@H]1NC(=O)CNC(=O)[C@H]2Cc3c([nH]c4c(CN5CCN(CCNC(=O)Br)CC5)c(O)ccc34)S(=O)C[C@@H](NC(=O)CNC1=O)C(=O)N[C@@H](CC(N)=O)C(=O)N1C[C@H](O)C[C@H]1C(=O)N[C@@H]([C@H](C)[C@H](O)CO)C(=O)N2. The van der Waals surface area contributed by atoms with E-state index in [-0.39, 0.29) is 38.6 Å². The van der Waals surface area contributed by atoms with Gasteiger partial charge < -0.3 is 78.6 Å². The van der Waals surface area contributed by atoms with Crippen molar-refractivity contribution in [1.82, 2.24) is 62.2 Å². The third-order valence-electron chi connectivity index (χ3n) is 14.3. The van der Waals surface area contributed by atoms with Crippen LogP contribution in [0.15, 0.2) is 17.2 Å². The molecule has 28 nitrogen and oxygen atoms in total. The highest BCUT2D eigenvalue weighted by Crippen LogP contribution is 2.35. The van der Waals surface area contributed by atoms with Gasteiger partial charge in [0.15, 0.2) is 0 Å². The lowest BCUT2D eigenvalue weighted by molar-refractivity contribution is -0.144. The molecule has 6 rings (SSSR count). The van der Waals surface area contributed by atoms with Crippen LogP contribution in [-0.2, 0) is 66.9 Å². The van der Waals surface area contributed by atoms with E-state index in [0.717, 1.165) is 4.90 Å². The fraction of sp³-hybridized carbons (Fsp3) is 0.617. The van der Waals surface area contributed by atoms with Gasteiger partial charge in [-0.3, -0.25) is 62.0 Å². The van der Waals surface area contributed by atoms with Gasteiger partial charge in [0, 0.05) is 98.0 Å². The lowest BCUT2D eigenvalue weighted by Crippen LogP contribution is -2.62. The number of carbonyl (C=O) groups is 10. The molecular weight excluding hydrogens is 1100 g/mol. The largest absolute Gasteiger partial charge is 0.508 e. The van der Waals surface area contributed by atoms with E-state index in [9.17, 15) is 68.4 Å². The van der Waals surface area contributed by atoms with E-state index >= 15 is 4.21 Å². The van der Waals surface area contributed by atoms with Crippen LogP contribution in [0.25, 0.3) is 10.9 Å². The number of aromatic hydroxyl groups is 1. The normalized spacial score (nSPS) is 27.3. The summed E-state index contributed by atoms with van der Waals surface area (Å²) < 4.78 is 15.2. The third-order valence-corrected chi connectivity index (χ3v) is 16.1. The first kappa shape index (κ1) is 59.9. The van der Waals surface area contributed by atoms with Gasteiger partial charge in [0.05, 0.1) is 60.4 Å². The van der Waals surface area contributed by atoms with Crippen molar-refractivity contribution >= 4 is 95.6 Å². The highest BCUT2D eigenvalue weighted by molar-refractivity contribution is 9.18. The van der Waals surface area contributed by atoms with E-state index in [1.54, 1.807) is 13.8 Å². The van der Waals surface area contributed by atoms with Gasteiger partial charge in [-0.2, -0.15) is 0 Å². The predicted octanol–water partition coefficient (Wildman–Crippen LogP) is -5.70. The van der Waals surface area contributed by atoms with Crippen molar-refractivity contribution in [3.63, 3.8) is 0 Å². The molecule has 1 aromatic heterocycles. The Kier molecular flexibility index (Phi) is 20.9. The molecule has 2 aromatic rings. The quantitative estimate of drug-likeness (QED) is 0.0696. The minimum atomic E-state index is -2.46. The maximum atomic E-state index is 15.2. The van der Waals surface area contributed by atoms with Gasteiger partial charge in [-0.1, -0.05) is 27.2 Å². The Balaban J connectivity index is 1.54. The van der Waals surface area contributed by atoms with Crippen molar-refractivity contribution in [1.29, 1.82) is 0 Å². The summed E-state index contributed by atoms with van der Waals surface area (Å²) in [6.45, 7) is 4.99. The monoisotopic (exact) mass is 1170 g/mol. The van der Waals surface area contributed by atoms with Gasteiger partial charge in [-0.05, 0) is 23.6 Å². The summed E-state index contributed by atoms with van der Waals surface area (Å²) in [5, 5.41) is 63.4. The molecule has 0 aliphatic carbocycles. The Bertz CT molecular complexity index is 2620. The second kappa shape index (κ2) is 26.8. The highest BCUT2D eigenvalue weighted by atomic mass is 79.9. The minimum Gasteiger partial charge on any atom is -0.508 e. The van der Waals surface area contributed by atoms with E-state index in [2.05, 4.69) is 68.3 Å². The lowest BCUT2D eigenvalue weighted by Gasteiger charge is -2.34. The molecule has 424 valence electrons. The summed E-state index contributed by atoms with van der Waals surface area (Å²) in [4.78, 5) is 145. The number of fused-ring (bicyclic) bond motifs is 5. The number of aliphatic hydroxyl groups excluding tert-OH is 3. The average Bonchev–Trinajstić information content (AvgIpc) is 4.00. The van der Waals surface area contributed by atoms with Crippen LogP contribution >= 0.6 is 15.9 Å². The van der Waals surface area contributed by atoms with Crippen LogP contribution < -0.4 is 48.3 Å². The zero-order valence-electron chi connectivity index (χ0n) is 42.7. The maximum absolute atomic E-state index is 15.2. The number of rotatable bonds is 12. The molecule has 0 saturated carbocycles. The van der Waals surface area contributed by atoms with Gasteiger partial charge in [0.1, 0.15) is 47.0 Å². The van der Waals surface area contributed by atoms with Crippen molar-refractivity contribution in [2.24, 2.45) is 17.6 Å². The van der Waals surface area contributed by atoms with E-state index in [1.807, 2.05) is 4.90 Å². The molecule has 77 heavy (non-hydrogen) atoms. The van der Waals surface area contributed by atoms with Gasteiger partial charge >= 0.3 is 0 Å². The molecule has 4 aliphatic heterocycles. The fourth-order valence-corrected chi connectivity index (χ4v) is 11.3. The Morgan fingerprint density at radius 3 is 2.17 bits per heavy atom. The zero-order chi connectivity index (χ0) is 56.4. The number of hydrogen-bond acceptors (Lipinski definition) is 17. The topological polar surface area (TPSA) is 416 Å². The number of piperazine rings is 1. The van der Waals surface area contributed by atoms with Gasteiger partial charge in [0.2, 0.25) is 53.2 Å². The van der Waals surface area contributed by atoms with Gasteiger partial charge in [-0.15, -0.1) is 0 Å². The molecule has 2 fully saturated rings. The summed E-state index contributed by atoms with van der Waals surface area (Å²) in [7, 11) is -2.46. The summed E-state index contributed by atoms with van der Waals surface area (Å²) in [6, 6.07) is -7.33. The Hall–Kier alpha value is -6.31. The molecule has 0 radical (unpaired) electrons. The molecule has 15 N–H and O–H groups in total. The fourth-order valence-electron chi connectivity index (χ4n) is 9.69. The molecule has 0 spiro atoms. The molecule has 2 saturated heterocycles. The summed E-state index contributed by atoms with van der Waals surface area (Å²) in [6.07, 6.45) is -4.57. The molecule has 11 atom stereocenters. The number of halogens is 1. The number of phenols is 1. The first-order valence-electron chi connectivity index (χ1n) is 25.2. The smallest absolute Gasteiger partial charge is 0.287 e. The number of nitrogens with zero attached hydrogens (tertiary/aromatic N) is 3. The van der Waals surface area contributed by atoms with Crippen LogP contribution in [0, 0.1) is 11.8 Å². The average molecular weight is 1170 g/mol. The molecule has 4 aliphatic rings. The molecule has 5 heterocycles. The Morgan fingerprint density at radius 1 is 0.857 bits per heavy atom. The number of H-pyrrole nitrogens is 1. The van der Waals surface area contributed by atoms with E-state index in [0.29, 0.717) is 51.3 Å². The number of phenolic OH excluding ortho intramolecular Hbond substituents is 1. The number of hydrogen-bond donors (Lipinski definition) is 14. The Labute approximate surface area is 453 Å². The number of benzene rings is 1.